The number of phenols is 1. The van der Waals surface area contributed by atoms with Gasteiger partial charge in [0.15, 0.2) is 0 Å². The van der Waals surface area contributed by atoms with E-state index in [1.807, 2.05) is 44.7 Å². The summed E-state index contributed by atoms with van der Waals surface area (Å²) in [6.45, 7) is 8.53. The Bertz CT molecular complexity index is 1130. The van der Waals surface area contributed by atoms with Gasteiger partial charge in [0.05, 0.1) is 12.6 Å². The minimum atomic E-state index is -0.588. The van der Waals surface area contributed by atoms with Crippen LogP contribution in [0.2, 0.25) is 0 Å². The molecule has 0 aromatic heterocycles. The average Bonchev–Trinajstić information content (AvgIpc) is 2.87. The molecule has 0 saturated heterocycles. The van der Waals surface area contributed by atoms with Gasteiger partial charge in [-0.25, -0.2) is 0 Å². The molecule has 0 saturated carbocycles. The van der Waals surface area contributed by atoms with Gasteiger partial charge in [0.2, 0.25) is 18.2 Å². The minimum Gasteiger partial charge on any atom is -0.508 e. The quantitative estimate of drug-likeness (QED) is 0.436. The zero-order chi connectivity index (χ0) is 27.9. The van der Waals surface area contributed by atoms with E-state index in [9.17, 15) is 19.5 Å². The summed E-state index contributed by atoms with van der Waals surface area (Å²) in [5, 5.41) is 18.2. The number of hydrogen-bond donors (Lipinski definition) is 4. The lowest BCUT2D eigenvalue weighted by Gasteiger charge is -2.40. The molecule has 1 aliphatic carbocycles. The molecule has 2 aromatic rings. The highest BCUT2D eigenvalue weighted by molar-refractivity contribution is 5.89. The van der Waals surface area contributed by atoms with Gasteiger partial charge in [0.25, 0.3) is 0 Å². The zero-order valence-corrected chi connectivity index (χ0v) is 23.2. The average molecular weight is 523 g/mol. The molecule has 3 amide bonds. The number of benzene rings is 2. The highest BCUT2D eigenvalue weighted by Crippen LogP contribution is 2.30. The molecule has 4 N–H and O–H groups in total. The molecule has 2 aromatic carbocycles. The van der Waals surface area contributed by atoms with Crippen molar-refractivity contribution in [3.63, 3.8) is 0 Å². The lowest BCUT2D eigenvalue weighted by atomic mass is 9.84. The minimum absolute atomic E-state index is 0.00727. The third-order valence-corrected chi connectivity index (χ3v) is 7.26. The summed E-state index contributed by atoms with van der Waals surface area (Å²) in [6.07, 6.45) is 4.87. The highest BCUT2D eigenvalue weighted by atomic mass is 16.3. The molecule has 0 fully saturated rings. The van der Waals surface area contributed by atoms with Gasteiger partial charge in [0, 0.05) is 12.6 Å². The number of carbonyl (C=O) groups excluding carboxylic acids is 3. The largest absolute Gasteiger partial charge is 0.508 e. The molecule has 206 valence electrons. The smallest absolute Gasteiger partial charge is 0.246 e. The Labute approximate surface area is 226 Å². The van der Waals surface area contributed by atoms with Crippen molar-refractivity contribution in [2.45, 2.75) is 78.0 Å². The summed E-state index contributed by atoms with van der Waals surface area (Å²) in [5.41, 5.74) is 4.39. The molecular weight excluding hydrogens is 480 g/mol. The van der Waals surface area contributed by atoms with Gasteiger partial charge in [-0.1, -0.05) is 51.1 Å². The first-order valence-electron chi connectivity index (χ1n) is 13.4. The fourth-order valence-electron chi connectivity index (χ4n) is 5.22. The molecule has 0 spiro atoms. The van der Waals surface area contributed by atoms with E-state index in [-0.39, 0.29) is 36.2 Å². The fourth-order valence-corrected chi connectivity index (χ4v) is 5.22. The number of aromatic hydroxyl groups is 1. The molecule has 1 heterocycles. The summed E-state index contributed by atoms with van der Waals surface area (Å²) < 4.78 is 0. The number of carbonyl (C=O) groups is 3. The Balaban J connectivity index is 0.000000256. The van der Waals surface area contributed by atoms with E-state index < -0.39 is 11.5 Å². The van der Waals surface area contributed by atoms with Crippen molar-refractivity contribution in [1.82, 2.24) is 20.9 Å². The summed E-state index contributed by atoms with van der Waals surface area (Å²) >= 11 is 0. The molecule has 38 heavy (non-hydrogen) atoms. The standard InChI is InChI=1S/C19H29N3O3.C11H13NO/c1-12-8-14-9-15(23)7-6-13(14)11-22(12)18(25)17(19(2,3)4)21-16(24)10-20-5;13-8-12-11-7-3-5-9-4-1-2-6-10(9)11/h6-7,9,12,17,20,23H,8,10-11H2,1-5H3,(H,21,24);1-2,4,6,8,11H,3,5,7H2,(H,12,13)/t;11-/m.1/s1. The molecular formula is C30H42N4O4. The van der Waals surface area contributed by atoms with Crippen LogP contribution in [0.25, 0.3) is 0 Å². The molecule has 0 radical (unpaired) electrons. The molecule has 3 atom stereocenters. The van der Waals surface area contributed by atoms with E-state index in [1.165, 1.54) is 17.5 Å². The molecule has 0 bridgehead atoms. The second-order valence-corrected chi connectivity index (χ2v) is 11.3. The van der Waals surface area contributed by atoms with Crippen LogP contribution in [0.15, 0.2) is 42.5 Å². The maximum Gasteiger partial charge on any atom is 0.246 e. The van der Waals surface area contributed by atoms with Gasteiger partial charge in [-0.15, -0.1) is 0 Å². The third-order valence-electron chi connectivity index (χ3n) is 7.26. The molecule has 2 aliphatic rings. The Morgan fingerprint density at radius 1 is 1.13 bits per heavy atom. The van der Waals surface area contributed by atoms with E-state index in [0.717, 1.165) is 30.4 Å². The lowest BCUT2D eigenvalue weighted by molar-refractivity contribution is -0.142. The first-order valence-corrected chi connectivity index (χ1v) is 13.4. The summed E-state index contributed by atoms with van der Waals surface area (Å²) in [7, 11) is 1.70. The predicted molar refractivity (Wildman–Crippen MR) is 148 cm³/mol. The summed E-state index contributed by atoms with van der Waals surface area (Å²) in [4.78, 5) is 37.4. The number of nitrogens with one attached hydrogen (secondary N) is 3. The number of hydrogen-bond acceptors (Lipinski definition) is 5. The fraction of sp³-hybridized carbons (Fsp3) is 0.500. The third kappa shape index (κ3) is 7.34. The van der Waals surface area contributed by atoms with Gasteiger partial charge in [0.1, 0.15) is 11.8 Å². The summed E-state index contributed by atoms with van der Waals surface area (Å²) in [5.74, 6) is -0.00781. The van der Waals surface area contributed by atoms with Crippen LogP contribution in [0.1, 0.15) is 68.8 Å². The van der Waals surface area contributed by atoms with Crippen LogP contribution in [-0.4, -0.2) is 53.9 Å². The second-order valence-electron chi connectivity index (χ2n) is 11.3. The maximum atomic E-state index is 13.2. The van der Waals surface area contributed by atoms with Gasteiger partial charge in [-0.3, -0.25) is 14.4 Å². The molecule has 4 rings (SSSR count). The number of nitrogens with zero attached hydrogens (tertiary/aromatic N) is 1. The second kappa shape index (κ2) is 12.9. The van der Waals surface area contributed by atoms with Gasteiger partial charge in [-0.05, 0) is 79.5 Å². The van der Waals surface area contributed by atoms with E-state index in [2.05, 4.69) is 34.1 Å². The highest BCUT2D eigenvalue weighted by Gasteiger charge is 2.38. The number of fused-ring (bicyclic) bond motifs is 2. The first-order chi connectivity index (χ1) is 18.0. The van der Waals surface area contributed by atoms with Crippen molar-refractivity contribution >= 4 is 18.2 Å². The monoisotopic (exact) mass is 522 g/mol. The van der Waals surface area contributed by atoms with Crippen molar-refractivity contribution in [2.24, 2.45) is 5.41 Å². The topological polar surface area (TPSA) is 111 Å². The van der Waals surface area contributed by atoms with Crippen LogP contribution >= 0.6 is 0 Å². The van der Waals surface area contributed by atoms with Crippen molar-refractivity contribution in [3.8, 4) is 5.75 Å². The number of amides is 3. The number of rotatable bonds is 6. The first kappa shape index (κ1) is 29.2. The van der Waals surface area contributed by atoms with Crippen molar-refractivity contribution in [1.29, 1.82) is 0 Å². The molecule has 2 unspecified atom stereocenters. The van der Waals surface area contributed by atoms with Crippen LogP contribution in [0.3, 0.4) is 0 Å². The van der Waals surface area contributed by atoms with E-state index >= 15 is 0 Å². The SMILES string of the molecule is CNCC(=O)NC(C(=O)N1Cc2ccc(O)cc2CC1C)C(C)(C)C.O=CN[C@@H]1CCCc2ccccc21. The maximum absolute atomic E-state index is 13.2. The van der Waals surface area contributed by atoms with Gasteiger partial charge >= 0.3 is 0 Å². The number of phenolic OH excluding ortho intramolecular Hbond substituents is 1. The van der Waals surface area contributed by atoms with Gasteiger partial charge in [-0.2, -0.15) is 0 Å². The number of aryl methyl sites for hydroxylation is 1. The number of likely N-dealkylation sites (N-methyl/N-ethyl adjacent to an activating group) is 1. The lowest BCUT2D eigenvalue weighted by Crippen LogP contribution is -2.58. The summed E-state index contributed by atoms with van der Waals surface area (Å²) in [6, 6.07) is 13.3. The Hall–Kier alpha value is -3.39. The molecule has 8 nitrogen and oxygen atoms in total. The van der Waals surface area contributed by atoms with Crippen LogP contribution in [0.5, 0.6) is 5.75 Å². The molecule has 1 aliphatic heterocycles. The Morgan fingerprint density at radius 3 is 2.55 bits per heavy atom. The normalized spacial score (nSPS) is 19.1. The predicted octanol–water partition coefficient (Wildman–Crippen LogP) is 3.23. The van der Waals surface area contributed by atoms with E-state index in [4.69, 9.17) is 0 Å². The van der Waals surface area contributed by atoms with Crippen molar-refractivity contribution < 1.29 is 19.5 Å². The molecule has 8 heteroatoms. The van der Waals surface area contributed by atoms with E-state index in [1.54, 1.807) is 19.2 Å². The van der Waals surface area contributed by atoms with Crippen LogP contribution in [0, 0.1) is 5.41 Å². The van der Waals surface area contributed by atoms with E-state index in [0.29, 0.717) is 13.0 Å². The van der Waals surface area contributed by atoms with Gasteiger partial charge < -0.3 is 26.0 Å². The van der Waals surface area contributed by atoms with Crippen molar-refractivity contribution in [2.75, 3.05) is 13.6 Å². The van der Waals surface area contributed by atoms with Crippen LogP contribution < -0.4 is 16.0 Å². The zero-order valence-electron chi connectivity index (χ0n) is 23.2. The van der Waals surface area contributed by atoms with Crippen LogP contribution in [-0.2, 0) is 33.8 Å². The van der Waals surface area contributed by atoms with Crippen molar-refractivity contribution in [3.05, 3.63) is 64.7 Å². The Morgan fingerprint density at radius 2 is 1.87 bits per heavy atom. The Kier molecular flexibility index (Phi) is 9.91. The van der Waals surface area contributed by atoms with Crippen LogP contribution in [0.4, 0.5) is 0 Å².